The van der Waals surface area contributed by atoms with Crippen LogP contribution in [0.4, 0.5) is 11.8 Å². The zero-order valence-corrected chi connectivity index (χ0v) is 18.0. The van der Waals surface area contributed by atoms with Crippen LogP contribution in [-0.4, -0.2) is 65.2 Å². The number of likely N-dealkylation sites (tertiary alicyclic amines) is 1. The van der Waals surface area contributed by atoms with Gasteiger partial charge >= 0.3 is 0 Å². The SMILES string of the molecule is CC(C)[C@H]1COC(C=O)N1c1ccnc(N[C@@H](C)C2CCN(C3CCC3)CC2)n1. The van der Waals surface area contributed by atoms with Crippen molar-refractivity contribution in [2.75, 3.05) is 29.9 Å². The number of anilines is 2. The highest BCUT2D eigenvalue weighted by atomic mass is 16.5. The minimum absolute atomic E-state index is 0.140. The summed E-state index contributed by atoms with van der Waals surface area (Å²) in [6, 6.07) is 3.18. The van der Waals surface area contributed by atoms with E-state index in [0.29, 0.717) is 30.4 Å². The second kappa shape index (κ2) is 8.96. The Morgan fingerprint density at radius 1 is 1.21 bits per heavy atom. The standard InChI is InChI=1S/C22H35N5O2/c1-15(2)19-14-29-21(13-28)27(19)20-7-10-23-22(25-20)24-16(3)17-8-11-26(12-9-17)18-5-4-6-18/h7,10,13,15-19,21H,4-6,8-9,11-12,14H2,1-3H3,(H,23,24,25)/t16-,19+,21?/m0/s1. The van der Waals surface area contributed by atoms with Crippen molar-refractivity contribution in [3.8, 4) is 0 Å². The zero-order valence-electron chi connectivity index (χ0n) is 18.0. The highest BCUT2D eigenvalue weighted by Gasteiger charge is 2.37. The number of hydrogen-bond donors (Lipinski definition) is 1. The molecular formula is C22H35N5O2. The van der Waals surface area contributed by atoms with E-state index in [1.165, 1.54) is 45.2 Å². The molecule has 3 aliphatic rings. The van der Waals surface area contributed by atoms with Crippen LogP contribution in [0.15, 0.2) is 12.3 Å². The molecule has 0 amide bonds. The summed E-state index contributed by atoms with van der Waals surface area (Å²) in [4.78, 5) is 25.4. The molecule has 29 heavy (non-hydrogen) atoms. The third-order valence-electron chi connectivity index (χ3n) is 7.09. The van der Waals surface area contributed by atoms with Gasteiger partial charge in [0.05, 0.1) is 12.6 Å². The molecule has 4 rings (SSSR count). The van der Waals surface area contributed by atoms with Crippen molar-refractivity contribution in [3.63, 3.8) is 0 Å². The Morgan fingerprint density at radius 3 is 2.59 bits per heavy atom. The van der Waals surface area contributed by atoms with Crippen molar-refractivity contribution < 1.29 is 9.53 Å². The molecule has 1 unspecified atom stereocenters. The molecule has 3 atom stereocenters. The number of nitrogens with zero attached hydrogens (tertiary/aromatic N) is 4. The van der Waals surface area contributed by atoms with E-state index < -0.39 is 6.23 Å². The quantitative estimate of drug-likeness (QED) is 0.705. The summed E-state index contributed by atoms with van der Waals surface area (Å²) >= 11 is 0. The Labute approximate surface area is 174 Å². The van der Waals surface area contributed by atoms with Crippen LogP contribution in [0.5, 0.6) is 0 Å². The van der Waals surface area contributed by atoms with Gasteiger partial charge in [-0.2, -0.15) is 4.98 Å². The summed E-state index contributed by atoms with van der Waals surface area (Å²) in [7, 11) is 0. The first-order valence-electron chi connectivity index (χ1n) is 11.3. The largest absolute Gasteiger partial charge is 0.351 e. The van der Waals surface area contributed by atoms with Gasteiger partial charge in [0.15, 0.2) is 12.5 Å². The summed E-state index contributed by atoms with van der Waals surface area (Å²) in [6.07, 6.45) is 8.69. The molecule has 0 aromatic carbocycles. The van der Waals surface area contributed by atoms with E-state index in [1.54, 1.807) is 6.20 Å². The van der Waals surface area contributed by atoms with Gasteiger partial charge in [0.1, 0.15) is 5.82 Å². The molecule has 3 fully saturated rings. The molecule has 1 N–H and O–H groups in total. The molecule has 2 aliphatic heterocycles. The van der Waals surface area contributed by atoms with Gasteiger partial charge in [-0.1, -0.05) is 20.3 Å². The fourth-order valence-corrected chi connectivity index (χ4v) is 4.89. The number of nitrogens with one attached hydrogen (secondary N) is 1. The van der Waals surface area contributed by atoms with E-state index in [4.69, 9.17) is 9.72 Å². The maximum atomic E-state index is 11.5. The molecule has 1 aromatic rings. The lowest BCUT2D eigenvalue weighted by atomic mass is 9.85. The molecule has 1 aromatic heterocycles. The maximum Gasteiger partial charge on any atom is 0.224 e. The molecule has 0 spiro atoms. The fraction of sp³-hybridized carbons (Fsp3) is 0.773. The number of hydrogen-bond acceptors (Lipinski definition) is 7. The van der Waals surface area contributed by atoms with E-state index in [-0.39, 0.29) is 6.04 Å². The minimum atomic E-state index is -0.571. The first-order valence-corrected chi connectivity index (χ1v) is 11.3. The van der Waals surface area contributed by atoms with Gasteiger partial charge in [-0.15, -0.1) is 0 Å². The Bertz CT molecular complexity index is 688. The number of rotatable bonds is 7. The highest BCUT2D eigenvalue weighted by Crippen LogP contribution is 2.31. The van der Waals surface area contributed by atoms with Crippen LogP contribution in [0.2, 0.25) is 0 Å². The number of piperidine rings is 1. The Hall–Kier alpha value is -1.73. The minimum Gasteiger partial charge on any atom is -0.351 e. The van der Waals surface area contributed by atoms with Gasteiger partial charge in [0.2, 0.25) is 5.95 Å². The Kier molecular flexibility index (Phi) is 6.35. The lowest BCUT2D eigenvalue weighted by Gasteiger charge is -2.43. The normalized spacial score (nSPS) is 27.8. The lowest BCUT2D eigenvalue weighted by Crippen LogP contribution is -2.47. The second-order valence-corrected chi connectivity index (χ2v) is 9.21. The van der Waals surface area contributed by atoms with E-state index in [2.05, 4.69) is 36.0 Å². The average molecular weight is 402 g/mol. The summed E-state index contributed by atoms with van der Waals surface area (Å²) < 4.78 is 5.67. The maximum absolute atomic E-state index is 11.5. The molecule has 0 radical (unpaired) electrons. The molecule has 1 saturated carbocycles. The number of carbonyl (C=O) groups is 1. The first-order chi connectivity index (χ1) is 14.1. The van der Waals surface area contributed by atoms with E-state index in [0.717, 1.165) is 18.1 Å². The third kappa shape index (κ3) is 4.40. The van der Waals surface area contributed by atoms with E-state index >= 15 is 0 Å². The van der Waals surface area contributed by atoms with Gasteiger partial charge in [-0.25, -0.2) is 4.98 Å². The summed E-state index contributed by atoms with van der Waals surface area (Å²) in [5, 5.41) is 3.53. The Morgan fingerprint density at radius 2 is 1.97 bits per heavy atom. The molecule has 3 heterocycles. The summed E-state index contributed by atoms with van der Waals surface area (Å²) in [5.74, 6) is 2.39. The first kappa shape index (κ1) is 20.5. The fourth-order valence-electron chi connectivity index (χ4n) is 4.89. The molecule has 7 nitrogen and oxygen atoms in total. The van der Waals surface area contributed by atoms with Crippen molar-refractivity contribution in [2.24, 2.45) is 11.8 Å². The number of aldehydes is 1. The van der Waals surface area contributed by atoms with Crippen LogP contribution in [-0.2, 0) is 9.53 Å². The highest BCUT2D eigenvalue weighted by molar-refractivity contribution is 5.64. The van der Waals surface area contributed by atoms with Gasteiger partial charge in [0, 0.05) is 18.3 Å². The monoisotopic (exact) mass is 401 g/mol. The molecule has 160 valence electrons. The van der Waals surface area contributed by atoms with Crippen molar-refractivity contribution in [1.82, 2.24) is 14.9 Å². The summed E-state index contributed by atoms with van der Waals surface area (Å²) in [5.41, 5.74) is 0. The van der Waals surface area contributed by atoms with Crippen LogP contribution < -0.4 is 10.2 Å². The van der Waals surface area contributed by atoms with Crippen LogP contribution in [0.1, 0.15) is 52.9 Å². The van der Waals surface area contributed by atoms with Crippen LogP contribution in [0, 0.1) is 11.8 Å². The van der Waals surface area contributed by atoms with Gasteiger partial charge in [0.25, 0.3) is 0 Å². The van der Waals surface area contributed by atoms with Crippen molar-refractivity contribution >= 4 is 18.1 Å². The van der Waals surface area contributed by atoms with Crippen LogP contribution in [0.25, 0.3) is 0 Å². The predicted molar refractivity (Wildman–Crippen MR) is 114 cm³/mol. The van der Waals surface area contributed by atoms with Crippen molar-refractivity contribution in [3.05, 3.63) is 12.3 Å². The number of carbonyl (C=O) groups excluding carboxylic acids is 1. The van der Waals surface area contributed by atoms with E-state index in [9.17, 15) is 4.79 Å². The molecule has 1 aliphatic carbocycles. The molecule has 7 heteroatoms. The van der Waals surface area contributed by atoms with Crippen molar-refractivity contribution in [1.29, 1.82) is 0 Å². The third-order valence-corrected chi connectivity index (χ3v) is 7.09. The van der Waals surface area contributed by atoms with Gasteiger partial charge < -0.3 is 19.9 Å². The van der Waals surface area contributed by atoms with Gasteiger partial charge in [-0.3, -0.25) is 4.79 Å². The molecule has 0 bridgehead atoms. The predicted octanol–water partition coefficient (Wildman–Crippen LogP) is 2.93. The van der Waals surface area contributed by atoms with Crippen LogP contribution >= 0.6 is 0 Å². The van der Waals surface area contributed by atoms with Crippen molar-refractivity contribution in [2.45, 2.75) is 77.2 Å². The summed E-state index contributed by atoms with van der Waals surface area (Å²) in [6.45, 7) is 9.50. The topological polar surface area (TPSA) is 70.6 Å². The molecular weight excluding hydrogens is 366 g/mol. The average Bonchev–Trinajstić information content (AvgIpc) is 3.12. The van der Waals surface area contributed by atoms with Crippen LogP contribution in [0.3, 0.4) is 0 Å². The molecule has 2 saturated heterocycles. The lowest BCUT2D eigenvalue weighted by molar-refractivity contribution is -0.115. The smallest absolute Gasteiger partial charge is 0.224 e. The Balaban J connectivity index is 1.39. The van der Waals surface area contributed by atoms with E-state index in [1.807, 2.05) is 11.0 Å². The van der Waals surface area contributed by atoms with Gasteiger partial charge in [-0.05, 0) is 63.6 Å². The number of ether oxygens (including phenoxy) is 1. The zero-order chi connectivity index (χ0) is 20.4. The number of aromatic nitrogens is 2. The second-order valence-electron chi connectivity index (χ2n) is 9.21.